The van der Waals surface area contributed by atoms with Gasteiger partial charge in [0.25, 0.3) is 0 Å². The maximum atomic E-state index is 13.5. The summed E-state index contributed by atoms with van der Waals surface area (Å²) < 4.78 is 0. The number of urea groups is 1. The van der Waals surface area contributed by atoms with Gasteiger partial charge in [-0.1, -0.05) is 67.2 Å². The smallest absolute Gasteiger partial charge is 0.320 e. The molecule has 3 aromatic carbocycles. The lowest BCUT2D eigenvalue weighted by Crippen LogP contribution is -2.45. The molecule has 0 aliphatic carbocycles. The number of anilines is 1. The van der Waals surface area contributed by atoms with E-state index in [4.69, 9.17) is 0 Å². The number of ketones is 1. The molecule has 1 fully saturated rings. The third-order valence-corrected chi connectivity index (χ3v) is 6.99. The van der Waals surface area contributed by atoms with Gasteiger partial charge in [-0.3, -0.25) is 9.69 Å². The van der Waals surface area contributed by atoms with Crippen LogP contribution < -0.4 is 10.6 Å². The van der Waals surface area contributed by atoms with Gasteiger partial charge in [0.05, 0.1) is 0 Å². The van der Waals surface area contributed by atoms with E-state index in [1.54, 1.807) is 24.3 Å². The number of carbonyl (C=O) groups is 2. The van der Waals surface area contributed by atoms with Crippen LogP contribution in [0, 0.1) is 0 Å². The molecular formula is C32H38N4O2. The summed E-state index contributed by atoms with van der Waals surface area (Å²) in [5, 5.41) is 6.41. The largest absolute Gasteiger partial charge is 0.322 e. The molecular weight excluding hydrogens is 472 g/mol. The van der Waals surface area contributed by atoms with Crippen molar-refractivity contribution in [3.63, 3.8) is 0 Å². The minimum atomic E-state index is -0.165. The number of hydrogen-bond acceptors (Lipinski definition) is 4. The summed E-state index contributed by atoms with van der Waals surface area (Å²) in [4.78, 5) is 29.4. The first-order valence-electron chi connectivity index (χ1n) is 13.4. The molecule has 0 bridgehead atoms. The molecule has 0 saturated carbocycles. The highest BCUT2D eigenvalue weighted by Gasteiger charge is 2.21. The average Bonchev–Trinajstić information content (AvgIpc) is 2.94. The first-order chi connectivity index (χ1) is 18.5. The number of hydrogen-bond donors (Lipinski definition) is 2. The number of amides is 2. The minimum absolute atomic E-state index is 0.00146. The van der Waals surface area contributed by atoms with Crippen LogP contribution in [0.3, 0.4) is 0 Å². The van der Waals surface area contributed by atoms with Crippen LogP contribution >= 0.6 is 0 Å². The SMILES string of the molecule is C=C(CN1CCNCC1)CN(CCC(c1ccccc1)c1ccccc1)C(=O)Nc1ccc(C(C)=O)cc1. The number of carbonyl (C=O) groups excluding carboxylic acids is 2. The summed E-state index contributed by atoms with van der Waals surface area (Å²) in [6, 6.07) is 27.8. The number of rotatable bonds is 11. The van der Waals surface area contributed by atoms with Crippen molar-refractivity contribution in [3.05, 3.63) is 114 Å². The predicted molar refractivity (Wildman–Crippen MR) is 155 cm³/mol. The lowest BCUT2D eigenvalue weighted by Gasteiger charge is -2.31. The second-order valence-corrected chi connectivity index (χ2v) is 9.92. The third kappa shape index (κ3) is 7.88. The summed E-state index contributed by atoms with van der Waals surface area (Å²) in [7, 11) is 0. The maximum Gasteiger partial charge on any atom is 0.322 e. The zero-order valence-electron chi connectivity index (χ0n) is 22.2. The Bertz CT molecular complexity index is 1150. The zero-order valence-corrected chi connectivity index (χ0v) is 22.2. The van der Waals surface area contributed by atoms with E-state index in [0.29, 0.717) is 24.3 Å². The fraction of sp³-hybridized carbons (Fsp3) is 0.312. The van der Waals surface area contributed by atoms with Crippen LogP contribution in [0.1, 0.15) is 40.7 Å². The van der Waals surface area contributed by atoms with Gasteiger partial charge in [0.1, 0.15) is 0 Å². The monoisotopic (exact) mass is 510 g/mol. The maximum absolute atomic E-state index is 13.5. The first-order valence-corrected chi connectivity index (χ1v) is 13.4. The molecule has 198 valence electrons. The Morgan fingerprint density at radius 1 is 0.921 bits per heavy atom. The second kappa shape index (κ2) is 13.7. The van der Waals surface area contributed by atoms with E-state index < -0.39 is 0 Å². The molecule has 6 heteroatoms. The summed E-state index contributed by atoms with van der Waals surface area (Å²) in [5.41, 5.74) is 4.78. The molecule has 4 rings (SSSR count). The van der Waals surface area contributed by atoms with Gasteiger partial charge in [-0.2, -0.15) is 0 Å². The number of nitrogens with one attached hydrogen (secondary N) is 2. The molecule has 2 amide bonds. The molecule has 0 aromatic heterocycles. The van der Waals surface area contributed by atoms with Crippen LogP contribution in [0.25, 0.3) is 0 Å². The quantitative estimate of drug-likeness (QED) is 0.268. The molecule has 2 N–H and O–H groups in total. The van der Waals surface area contributed by atoms with Crippen molar-refractivity contribution in [1.82, 2.24) is 15.1 Å². The van der Waals surface area contributed by atoms with E-state index >= 15 is 0 Å². The standard InChI is InChI=1S/C32H38N4O2/c1-25(23-35-21-18-33-19-22-35)24-36(32(38)34-30-15-13-27(14-16-30)26(2)37)20-17-31(28-9-5-3-6-10-28)29-11-7-4-8-12-29/h3-16,31,33H,1,17-24H2,2H3,(H,34,38). The van der Waals surface area contributed by atoms with Gasteiger partial charge >= 0.3 is 6.03 Å². The molecule has 0 unspecified atom stereocenters. The number of Topliss-reactive ketones (excluding diaryl/α,β-unsaturated/α-hetero) is 1. The Morgan fingerprint density at radius 2 is 1.50 bits per heavy atom. The number of nitrogens with zero attached hydrogens (tertiary/aromatic N) is 2. The Balaban J connectivity index is 1.50. The van der Waals surface area contributed by atoms with Crippen molar-refractivity contribution >= 4 is 17.5 Å². The van der Waals surface area contributed by atoms with Gasteiger partial charge in [-0.15, -0.1) is 0 Å². The van der Waals surface area contributed by atoms with Crippen LogP contribution in [0.2, 0.25) is 0 Å². The van der Waals surface area contributed by atoms with Crippen molar-refractivity contribution in [1.29, 1.82) is 0 Å². The van der Waals surface area contributed by atoms with Crippen LogP contribution in [-0.4, -0.2) is 67.4 Å². The number of benzene rings is 3. The van der Waals surface area contributed by atoms with E-state index in [-0.39, 0.29) is 17.7 Å². The molecule has 1 aliphatic rings. The summed E-state index contributed by atoms with van der Waals surface area (Å²) in [6.07, 6.45) is 0.783. The zero-order chi connectivity index (χ0) is 26.7. The van der Waals surface area contributed by atoms with Gasteiger partial charge in [-0.25, -0.2) is 4.79 Å². The van der Waals surface area contributed by atoms with Gasteiger partial charge in [0.2, 0.25) is 0 Å². The molecule has 38 heavy (non-hydrogen) atoms. The molecule has 1 aliphatic heterocycles. The van der Waals surface area contributed by atoms with Crippen molar-refractivity contribution in [2.24, 2.45) is 0 Å². The van der Waals surface area contributed by atoms with Gasteiger partial charge in [0.15, 0.2) is 5.78 Å². The van der Waals surface area contributed by atoms with Gasteiger partial charge < -0.3 is 15.5 Å². The molecule has 3 aromatic rings. The fourth-order valence-electron chi connectivity index (χ4n) is 4.93. The summed E-state index contributed by atoms with van der Waals surface area (Å²) >= 11 is 0. The van der Waals surface area contributed by atoms with Crippen LogP contribution in [-0.2, 0) is 0 Å². The molecule has 0 atom stereocenters. The van der Waals surface area contributed by atoms with Crippen LogP contribution in [0.4, 0.5) is 10.5 Å². The molecule has 1 heterocycles. The van der Waals surface area contributed by atoms with Crippen LogP contribution in [0.5, 0.6) is 0 Å². The Morgan fingerprint density at radius 3 is 2.05 bits per heavy atom. The lowest BCUT2D eigenvalue weighted by molar-refractivity contribution is 0.101. The lowest BCUT2D eigenvalue weighted by atomic mass is 9.88. The van der Waals surface area contributed by atoms with Crippen molar-refractivity contribution in [3.8, 4) is 0 Å². The van der Waals surface area contributed by atoms with E-state index in [0.717, 1.165) is 44.7 Å². The Labute approximate surface area is 226 Å². The van der Waals surface area contributed by atoms with E-state index in [1.165, 1.54) is 18.1 Å². The highest BCUT2D eigenvalue weighted by molar-refractivity contribution is 5.95. The third-order valence-electron chi connectivity index (χ3n) is 6.99. The van der Waals surface area contributed by atoms with Crippen LogP contribution in [0.15, 0.2) is 97.1 Å². The Kier molecular flexibility index (Phi) is 9.84. The fourth-order valence-corrected chi connectivity index (χ4v) is 4.93. The minimum Gasteiger partial charge on any atom is -0.320 e. The molecule has 1 saturated heterocycles. The molecule has 0 radical (unpaired) electrons. The van der Waals surface area contributed by atoms with E-state index in [2.05, 4.69) is 70.6 Å². The van der Waals surface area contributed by atoms with Gasteiger partial charge in [0, 0.05) is 63.0 Å². The average molecular weight is 511 g/mol. The first kappa shape index (κ1) is 27.3. The van der Waals surface area contributed by atoms with Gasteiger partial charge in [-0.05, 0) is 54.3 Å². The predicted octanol–water partition coefficient (Wildman–Crippen LogP) is 5.41. The highest BCUT2D eigenvalue weighted by Crippen LogP contribution is 2.28. The van der Waals surface area contributed by atoms with Crippen molar-refractivity contribution in [2.75, 3.05) is 51.1 Å². The normalized spacial score (nSPS) is 13.7. The van der Waals surface area contributed by atoms with E-state index in [1.807, 2.05) is 17.0 Å². The summed E-state index contributed by atoms with van der Waals surface area (Å²) in [5.74, 6) is 0.172. The molecule has 6 nitrogen and oxygen atoms in total. The second-order valence-electron chi connectivity index (χ2n) is 9.92. The molecule has 0 spiro atoms. The Hall–Kier alpha value is -3.74. The van der Waals surface area contributed by atoms with Crippen molar-refractivity contribution < 1.29 is 9.59 Å². The highest BCUT2D eigenvalue weighted by atomic mass is 16.2. The van der Waals surface area contributed by atoms with Crippen molar-refractivity contribution in [2.45, 2.75) is 19.3 Å². The van der Waals surface area contributed by atoms with E-state index in [9.17, 15) is 9.59 Å². The number of piperazine rings is 1. The topological polar surface area (TPSA) is 64.7 Å². The summed E-state index contributed by atoms with van der Waals surface area (Å²) in [6.45, 7) is 11.6.